The topological polar surface area (TPSA) is 67.4 Å². The van der Waals surface area contributed by atoms with Crippen LogP contribution in [0.25, 0.3) is 0 Å². The Morgan fingerprint density at radius 2 is 2.00 bits per heavy atom. The number of nitrogens with one attached hydrogen (secondary N) is 2. The molecule has 1 amide bonds. The third-order valence-electron chi connectivity index (χ3n) is 4.62. The summed E-state index contributed by atoms with van der Waals surface area (Å²) in [5.74, 6) is 0.260. The number of carbonyl (C=O) groups excluding carboxylic acids is 2. The van der Waals surface area contributed by atoms with Crippen LogP contribution in [0.1, 0.15) is 58.2 Å². The van der Waals surface area contributed by atoms with Crippen LogP contribution in [0, 0.1) is 11.8 Å². The van der Waals surface area contributed by atoms with Crippen LogP contribution >= 0.6 is 0 Å². The number of aldehydes is 1. The highest BCUT2D eigenvalue weighted by Gasteiger charge is 2.37. The van der Waals surface area contributed by atoms with E-state index in [-0.39, 0.29) is 18.0 Å². The predicted molar refractivity (Wildman–Crippen MR) is 103 cm³/mol. The van der Waals surface area contributed by atoms with Crippen molar-refractivity contribution in [3.8, 4) is 0 Å². The van der Waals surface area contributed by atoms with Gasteiger partial charge in [-0.2, -0.15) is 0 Å². The van der Waals surface area contributed by atoms with Crippen LogP contribution in [-0.2, 0) is 16.0 Å². The summed E-state index contributed by atoms with van der Waals surface area (Å²) in [5.41, 5.74) is 1.74. The largest absolute Gasteiger partial charge is 0.444 e. The molecule has 0 fully saturated rings. The van der Waals surface area contributed by atoms with E-state index in [1.165, 1.54) is 0 Å². The summed E-state index contributed by atoms with van der Waals surface area (Å²) in [6.45, 7) is 10.7. The first-order valence-electron chi connectivity index (χ1n) is 9.47. The fourth-order valence-electron chi connectivity index (χ4n) is 3.39. The molecular weight excluding hydrogens is 328 g/mol. The summed E-state index contributed by atoms with van der Waals surface area (Å²) in [6, 6.07) is 7.75. The van der Waals surface area contributed by atoms with Crippen molar-refractivity contribution in [1.29, 1.82) is 0 Å². The molecule has 1 aromatic rings. The van der Waals surface area contributed by atoms with E-state index >= 15 is 0 Å². The van der Waals surface area contributed by atoms with Crippen LogP contribution < -0.4 is 10.6 Å². The molecule has 5 nitrogen and oxygen atoms in total. The Morgan fingerprint density at radius 1 is 1.31 bits per heavy atom. The molecule has 0 spiro atoms. The molecule has 1 aliphatic rings. The van der Waals surface area contributed by atoms with Gasteiger partial charge in [-0.1, -0.05) is 38.1 Å². The quantitative estimate of drug-likeness (QED) is 0.760. The van der Waals surface area contributed by atoms with Gasteiger partial charge in [0.2, 0.25) is 0 Å². The van der Waals surface area contributed by atoms with Crippen molar-refractivity contribution in [2.75, 3.05) is 6.54 Å². The molecule has 0 radical (unpaired) electrons. The van der Waals surface area contributed by atoms with Gasteiger partial charge in [-0.15, -0.1) is 0 Å². The number of benzene rings is 1. The molecule has 1 aromatic carbocycles. The van der Waals surface area contributed by atoms with Crippen molar-refractivity contribution in [2.45, 2.75) is 65.1 Å². The first-order chi connectivity index (χ1) is 12.2. The van der Waals surface area contributed by atoms with E-state index in [2.05, 4.69) is 36.6 Å². The maximum Gasteiger partial charge on any atom is 0.407 e. The third-order valence-corrected chi connectivity index (χ3v) is 4.62. The summed E-state index contributed by atoms with van der Waals surface area (Å²) in [7, 11) is 0. The Hall–Kier alpha value is -1.88. The predicted octanol–water partition coefficient (Wildman–Crippen LogP) is 3.63. The number of carbonyl (C=O) groups is 2. The van der Waals surface area contributed by atoms with Gasteiger partial charge in [0.15, 0.2) is 0 Å². The second kappa shape index (κ2) is 8.67. The lowest BCUT2D eigenvalue weighted by atomic mass is 9.77. The number of hydrogen-bond acceptors (Lipinski definition) is 4. The lowest BCUT2D eigenvalue weighted by molar-refractivity contribution is -0.113. The van der Waals surface area contributed by atoms with Crippen LogP contribution in [0.4, 0.5) is 4.79 Å². The molecule has 3 unspecified atom stereocenters. The lowest BCUT2D eigenvalue weighted by Crippen LogP contribution is -2.51. The molecule has 2 N–H and O–H groups in total. The highest BCUT2D eigenvalue weighted by Crippen LogP contribution is 2.34. The highest BCUT2D eigenvalue weighted by atomic mass is 16.6. The van der Waals surface area contributed by atoms with Gasteiger partial charge in [0.05, 0.1) is 5.92 Å². The zero-order valence-corrected chi connectivity index (χ0v) is 16.5. The molecule has 0 saturated carbocycles. The van der Waals surface area contributed by atoms with Gasteiger partial charge < -0.3 is 20.2 Å². The molecule has 26 heavy (non-hydrogen) atoms. The van der Waals surface area contributed by atoms with E-state index in [4.69, 9.17) is 4.74 Å². The molecule has 2 rings (SSSR count). The average molecular weight is 360 g/mol. The second-order valence-electron chi connectivity index (χ2n) is 8.48. The van der Waals surface area contributed by atoms with Crippen molar-refractivity contribution in [3.63, 3.8) is 0 Å². The molecule has 144 valence electrons. The van der Waals surface area contributed by atoms with E-state index in [0.29, 0.717) is 12.3 Å². The van der Waals surface area contributed by atoms with Gasteiger partial charge in [0, 0.05) is 12.1 Å². The summed E-state index contributed by atoms with van der Waals surface area (Å²) in [5, 5.41) is 6.45. The SMILES string of the molecule is CC(C)CCNC1c2ccccc2CC(NC(=O)OC(C)(C)C)C1C=O. The summed E-state index contributed by atoms with van der Waals surface area (Å²) in [6.07, 6.45) is 2.15. The van der Waals surface area contributed by atoms with Crippen LogP contribution in [0.2, 0.25) is 0 Å². The van der Waals surface area contributed by atoms with E-state index in [9.17, 15) is 9.59 Å². The number of rotatable bonds is 6. The fourth-order valence-corrected chi connectivity index (χ4v) is 3.39. The maximum absolute atomic E-state index is 12.2. The monoisotopic (exact) mass is 360 g/mol. The molecular formula is C21H32N2O3. The second-order valence-corrected chi connectivity index (χ2v) is 8.48. The number of hydrogen-bond donors (Lipinski definition) is 2. The van der Waals surface area contributed by atoms with Gasteiger partial charge in [0.25, 0.3) is 0 Å². The maximum atomic E-state index is 12.2. The summed E-state index contributed by atoms with van der Waals surface area (Å²) >= 11 is 0. The number of ether oxygens (including phenoxy) is 1. The number of alkyl carbamates (subject to hydrolysis) is 1. The normalized spacial score (nSPS) is 22.6. The van der Waals surface area contributed by atoms with Crippen LogP contribution in [0.3, 0.4) is 0 Å². The number of fused-ring (bicyclic) bond motifs is 1. The molecule has 3 atom stereocenters. The molecule has 5 heteroatoms. The Labute approximate surface area is 156 Å². The third kappa shape index (κ3) is 5.56. The summed E-state index contributed by atoms with van der Waals surface area (Å²) < 4.78 is 5.38. The Balaban J connectivity index is 2.19. The molecule has 0 aromatic heterocycles. The van der Waals surface area contributed by atoms with Crippen LogP contribution in [0.5, 0.6) is 0 Å². The van der Waals surface area contributed by atoms with Crippen LogP contribution in [-0.4, -0.2) is 30.6 Å². The van der Waals surface area contributed by atoms with Gasteiger partial charge in [-0.3, -0.25) is 0 Å². The molecule has 0 heterocycles. The Bertz CT molecular complexity index is 622. The first kappa shape index (κ1) is 20.4. The van der Waals surface area contributed by atoms with Crippen molar-refractivity contribution in [1.82, 2.24) is 10.6 Å². The zero-order valence-electron chi connectivity index (χ0n) is 16.5. The van der Waals surface area contributed by atoms with Gasteiger partial charge in [-0.05, 0) is 57.2 Å². The van der Waals surface area contributed by atoms with Gasteiger partial charge >= 0.3 is 6.09 Å². The molecule has 0 bridgehead atoms. The van der Waals surface area contributed by atoms with Gasteiger partial charge in [-0.25, -0.2) is 4.79 Å². The standard InChI is InChI=1S/C21H32N2O3/c1-14(2)10-11-22-19-16-9-7-6-8-15(16)12-18(17(19)13-24)23-20(25)26-21(3,4)5/h6-9,13-14,17-19,22H,10-12H2,1-5H3,(H,23,25). The van der Waals surface area contributed by atoms with E-state index in [1.807, 2.05) is 32.9 Å². The van der Waals surface area contributed by atoms with Gasteiger partial charge in [0.1, 0.15) is 11.9 Å². The molecule has 0 aliphatic heterocycles. The van der Waals surface area contributed by atoms with Crippen molar-refractivity contribution in [2.24, 2.45) is 11.8 Å². The smallest absolute Gasteiger partial charge is 0.407 e. The lowest BCUT2D eigenvalue weighted by Gasteiger charge is -2.38. The minimum Gasteiger partial charge on any atom is -0.444 e. The van der Waals surface area contributed by atoms with Crippen molar-refractivity contribution in [3.05, 3.63) is 35.4 Å². The van der Waals surface area contributed by atoms with E-state index < -0.39 is 11.7 Å². The van der Waals surface area contributed by atoms with Crippen LogP contribution in [0.15, 0.2) is 24.3 Å². The summed E-state index contributed by atoms with van der Waals surface area (Å²) in [4.78, 5) is 24.2. The number of amides is 1. The first-order valence-corrected chi connectivity index (χ1v) is 9.47. The Kier molecular flexibility index (Phi) is 6.81. The minimum absolute atomic E-state index is 0.101. The Morgan fingerprint density at radius 3 is 2.62 bits per heavy atom. The average Bonchev–Trinajstić information content (AvgIpc) is 2.52. The minimum atomic E-state index is -0.567. The van der Waals surface area contributed by atoms with E-state index in [0.717, 1.165) is 30.4 Å². The zero-order chi connectivity index (χ0) is 19.3. The van der Waals surface area contributed by atoms with Crippen molar-refractivity contribution < 1.29 is 14.3 Å². The van der Waals surface area contributed by atoms with E-state index in [1.54, 1.807) is 0 Å². The highest BCUT2D eigenvalue weighted by molar-refractivity contribution is 5.70. The fraction of sp³-hybridized carbons (Fsp3) is 0.619. The molecule has 0 saturated heterocycles. The van der Waals surface area contributed by atoms with Crippen molar-refractivity contribution >= 4 is 12.4 Å². The molecule has 1 aliphatic carbocycles.